The number of rotatable bonds is 7. The summed E-state index contributed by atoms with van der Waals surface area (Å²) >= 11 is 1.27. The topological polar surface area (TPSA) is 101 Å². The van der Waals surface area contributed by atoms with Gasteiger partial charge in [0.05, 0.1) is 17.2 Å². The molecular formula is C21H24N6O3S2. The van der Waals surface area contributed by atoms with E-state index in [4.69, 9.17) is 0 Å². The number of sulfonamides is 1. The normalized spacial score (nSPS) is 15.1. The molecule has 0 bridgehead atoms. The molecule has 32 heavy (non-hydrogen) atoms. The second-order valence-electron chi connectivity index (χ2n) is 7.47. The van der Waals surface area contributed by atoms with Gasteiger partial charge in [-0.15, -0.1) is 5.10 Å². The fourth-order valence-corrected chi connectivity index (χ4v) is 5.83. The van der Waals surface area contributed by atoms with E-state index in [1.165, 1.54) is 16.1 Å². The van der Waals surface area contributed by atoms with Crippen LogP contribution in [0, 0.1) is 6.92 Å². The van der Waals surface area contributed by atoms with Crippen LogP contribution in [0.1, 0.15) is 11.1 Å². The van der Waals surface area contributed by atoms with Gasteiger partial charge in [-0.25, -0.2) is 8.42 Å². The minimum absolute atomic E-state index is 0.0286. The van der Waals surface area contributed by atoms with E-state index in [-0.39, 0.29) is 17.4 Å². The Bertz CT molecular complexity index is 1180. The number of para-hydroxylation sites is 1. The Morgan fingerprint density at radius 3 is 2.41 bits per heavy atom. The summed E-state index contributed by atoms with van der Waals surface area (Å²) in [6, 6.07) is 16.9. The number of carbonyl (C=O) groups is 1. The molecule has 4 rings (SSSR count). The molecule has 2 aromatic carbocycles. The molecule has 1 aliphatic heterocycles. The Labute approximate surface area is 191 Å². The van der Waals surface area contributed by atoms with Crippen LogP contribution in [0.2, 0.25) is 0 Å². The number of nitrogens with zero attached hydrogens (tertiary/aromatic N) is 6. The number of hydrogen-bond acceptors (Lipinski definition) is 7. The average Bonchev–Trinajstić information content (AvgIpc) is 3.26. The lowest BCUT2D eigenvalue weighted by Gasteiger charge is -2.34. The Balaban J connectivity index is 1.31. The van der Waals surface area contributed by atoms with Crippen LogP contribution in [0.25, 0.3) is 5.69 Å². The van der Waals surface area contributed by atoms with Crippen molar-refractivity contribution in [1.29, 1.82) is 0 Å². The van der Waals surface area contributed by atoms with Crippen molar-refractivity contribution in [3.63, 3.8) is 0 Å². The lowest BCUT2D eigenvalue weighted by Crippen LogP contribution is -2.51. The van der Waals surface area contributed by atoms with Crippen molar-refractivity contribution in [3.8, 4) is 5.69 Å². The third-order valence-corrected chi connectivity index (χ3v) is 8.04. The molecule has 11 heteroatoms. The van der Waals surface area contributed by atoms with Gasteiger partial charge in [0.15, 0.2) is 0 Å². The van der Waals surface area contributed by atoms with Gasteiger partial charge in [0.1, 0.15) is 0 Å². The summed E-state index contributed by atoms with van der Waals surface area (Å²) in [7, 11) is -3.41. The molecule has 9 nitrogen and oxygen atoms in total. The number of hydrogen-bond donors (Lipinski definition) is 0. The van der Waals surface area contributed by atoms with E-state index in [0.29, 0.717) is 31.3 Å². The largest absolute Gasteiger partial charge is 0.339 e. The number of benzene rings is 2. The average molecular weight is 473 g/mol. The highest BCUT2D eigenvalue weighted by Crippen LogP contribution is 2.21. The second kappa shape index (κ2) is 9.80. The summed E-state index contributed by atoms with van der Waals surface area (Å²) in [5.74, 6) is 0.0943. The van der Waals surface area contributed by atoms with Gasteiger partial charge in [-0.05, 0) is 34.5 Å². The highest BCUT2D eigenvalue weighted by molar-refractivity contribution is 7.99. The van der Waals surface area contributed by atoms with E-state index in [0.717, 1.165) is 16.8 Å². The Kier molecular flexibility index (Phi) is 6.87. The molecular weight excluding hydrogens is 448 g/mol. The molecule has 1 saturated heterocycles. The summed E-state index contributed by atoms with van der Waals surface area (Å²) < 4.78 is 28.5. The zero-order chi connectivity index (χ0) is 22.6. The summed E-state index contributed by atoms with van der Waals surface area (Å²) in [6.45, 7) is 3.31. The van der Waals surface area contributed by atoms with Crippen LogP contribution in [0.5, 0.6) is 0 Å². The van der Waals surface area contributed by atoms with Crippen LogP contribution in [0.3, 0.4) is 0 Å². The van der Waals surface area contributed by atoms with Crippen LogP contribution in [0.4, 0.5) is 0 Å². The predicted molar refractivity (Wildman–Crippen MR) is 122 cm³/mol. The van der Waals surface area contributed by atoms with Crippen molar-refractivity contribution in [2.45, 2.75) is 17.8 Å². The molecule has 1 fully saturated rings. The van der Waals surface area contributed by atoms with Crippen molar-refractivity contribution in [2.75, 3.05) is 31.9 Å². The Morgan fingerprint density at radius 2 is 1.69 bits per heavy atom. The van der Waals surface area contributed by atoms with Gasteiger partial charge in [-0.2, -0.15) is 8.99 Å². The number of amides is 1. The lowest BCUT2D eigenvalue weighted by molar-refractivity contribution is -0.129. The zero-order valence-electron chi connectivity index (χ0n) is 17.7. The van der Waals surface area contributed by atoms with Gasteiger partial charge in [-0.1, -0.05) is 60.3 Å². The first-order valence-electron chi connectivity index (χ1n) is 10.2. The maximum atomic E-state index is 12.7. The third kappa shape index (κ3) is 5.17. The van der Waals surface area contributed by atoms with Crippen molar-refractivity contribution in [2.24, 2.45) is 0 Å². The first-order chi connectivity index (χ1) is 15.4. The molecule has 1 amide bonds. The number of aromatic nitrogens is 4. The quantitative estimate of drug-likeness (QED) is 0.483. The Morgan fingerprint density at radius 1 is 1.00 bits per heavy atom. The van der Waals surface area contributed by atoms with Gasteiger partial charge in [-0.3, -0.25) is 4.79 Å². The minimum Gasteiger partial charge on any atom is -0.339 e. The summed E-state index contributed by atoms with van der Waals surface area (Å²) in [6.07, 6.45) is 0. The van der Waals surface area contributed by atoms with Gasteiger partial charge in [0.2, 0.25) is 21.1 Å². The molecule has 0 unspecified atom stereocenters. The van der Waals surface area contributed by atoms with E-state index < -0.39 is 10.0 Å². The molecule has 0 spiro atoms. The molecule has 168 valence electrons. The SMILES string of the molecule is Cc1ccccc1-n1nnnc1SCC(=O)N1CCN(S(=O)(=O)Cc2ccccc2)CC1. The molecule has 0 aliphatic carbocycles. The smallest absolute Gasteiger partial charge is 0.233 e. The number of thioether (sulfide) groups is 1. The molecule has 1 aromatic heterocycles. The lowest BCUT2D eigenvalue weighted by atomic mass is 10.2. The van der Waals surface area contributed by atoms with Gasteiger partial charge in [0, 0.05) is 26.2 Å². The van der Waals surface area contributed by atoms with Crippen LogP contribution in [-0.4, -0.2) is 75.7 Å². The number of carbonyl (C=O) groups excluding carboxylic acids is 1. The molecule has 2 heterocycles. The first-order valence-corrected chi connectivity index (χ1v) is 12.8. The highest BCUT2D eigenvalue weighted by atomic mass is 32.2. The fraction of sp³-hybridized carbons (Fsp3) is 0.333. The second-order valence-corrected chi connectivity index (χ2v) is 10.4. The van der Waals surface area contributed by atoms with E-state index in [9.17, 15) is 13.2 Å². The molecule has 0 N–H and O–H groups in total. The maximum Gasteiger partial charge on any atom is 0.233 e. The van der Waals surface area contributed by atoms with E-state index >= 15 is 0 Å². The van der Waals surface area contributed by atoms with Crippen LogP contribution in [-0.2, 0) is 20.6 Å². The van der Waals surface area contributed by atoms with Gasteiger partial charge >= 0.3 is 0 Å². The van der Waals surface area contributed by atoms with Gasteiger partial charge < -0.3 is 4.90 Å². The zero-order valence-corrected chi connectivity index (χ0v) is 19.3. The van der Waals surface area contributed by atoms with Crippen molar-refractivity contribution >= 4 is 27.7 Å². The van der Waals surface area contributed by atoms with Crippen molar-refractivity contribution < 1.29 is 13.2 Å². The van der Waals surface area contributed by atoms with Crippen molar-refractivity contribution in [1.82, 2.24) is 29.4 Å². The summed E-state index contributed by atoms with van der Waals surface area (Å²) in [4.78, 5) is 14.4. The number of aryl methyl sites for hydroxylation is 1. The first kappa shape index (κ1) is 22.4. The predicted octanol–water partition coefficient (Wildman–Crippen LogP) is 1.74. The molecule has 0 saturated carbocycles. The summed E-state index contributed by atoms with van der Waals surface area (Å²) in [5, 5.41) is 12.4. The van der Waals surface area contributed by atoms with Crippen LogP contribution >= 0.6 is 11.8 Å². The number of tetrazole rings is 1. The molecule has 3 aromatic rings. The number of piperazine rings is 1. The standard InChI is InChI=1S/C21H24N6O3S2/c1-17-7-5-6-10-19(17)27-21(22-23-24-27)31-15-20(28)25-11-13-26(14-12-25)32(29,30)16-18-8-3-2-4-9-18/h2-10H,11-16H2,1H3. The highest BCUT2D eigenvalue weighted by Gasteiger charge is 2.29. The summed E-state index contributed by atoms with van der Waals surface area (Å²) in [5.41, 5.74) is 2.65. The molecule has 1 aliphatic rings. The third-order valence-electron chi connectivity index (χ3n) is 5.29. The van der Waals surface area contributed by atoms with Gasteiger partial charge in [0.25, 0.3) is 0 Å². The van der Waals surface area contributed by atoms with E-state index in [1.54, 1.807) is 21.7 Å². The molecule has 0 atom stereocenters. The van der Waals surface area contributed by atoms with E-state index in [2.05, 4.69) is 15.5 Å². The maximum absolute atomic E-state index is 12.7. The van der Waals surface area contributed by atoms with Crippen LogP contribution < -0.4 is 0 Å². The van der Waals surface area contributed by atoms with Crippen molar-refractivity contribution in [3.05, 3.63) is 65.7 Å². The Hall–Kier alpha value is -2.76. The monoisotopic (exact) mass is 472 g/mol. The minimum atomic E-state index is -3.41. The van der Waals surface area contributed by atoms with E-state index in [1.807, 2.05) is 49.4 Å². The molecule has 0 radical (unpaired) electrons. The fourth-order valence-electron chi connectivity index (χ4n) is 3.53. The van der Waals surface area contributed by atoms with Crippen LogP contribution in [0.15, 0.2) is 59.8 Å².